The summed E-state index contributed by atoms with van der Waals surface area (Å²) in [6, 6.07) is 60.5. The van der Waals surface area contributed by atoms with Gasteiger partial charge in [-0.25, -0.2) is 19.2 Å². The molecule has 0 N–H and O–H groups in total. The fourth-order valence-corrected chi connectivity index (χ4v) is 17.6. The fourth-order valence-electron chi connectivity index (χ4n) is 11.9. The maximum absolute atomic E-state index is 15.1. The van der Waals surface area contributed by atoms with Crippen LogP contribution in [0.2, 0.25) is 5.04 Å². The molecule has 2 amide bonds. The molecule has 10 atom stereocenters. The number of esters is 5. The molecule has 2 fully saturated rings. The SMILES string of the molecule is CC(=O)O[C@H]1[C@H](O[C@@H]2O[C@H](COC(=O)c3ccccc3)[C@H](OC(=O)c3ccccc3)[C@H](OC(=O)c3ccccc3)[C@H]2OC(=O)c2ccccc2)[C@@H](CO[Si](c2ccccc2)(c2ccccc2)C(C)(C)C)O[C@@H](Sc2ccc([N+](=O)[O-])cc2)[C@@H]1N1C(=O)c2ccccc2C1=O. The van der Waals surface area contributed by atoms with Gasteiger partial charge < -0.3 is 42.3 Å². The number of rotatable bonds is 21. The Morgan fingerprint density at radius 2 is 0.915 bits per heavy atom. The summed E-state index contributed by atoms with van der Waals surface area (Å²) < 4.78 is 61.0. The van der Waals surface area contributed by atoms with Gasteiger partial charge in [-0.15, -0.1) is 0 Å². The number of thioether (sulfide) groups is 1. The Hall–Kier alpha value is -9.94. The zero-order chi connectivity index (χ0) is 66.1. The van der Waals surface area contributed by atoms with Crippen molar-refractivity contribution in [3.63, 3.8) is 0 Å². The summed E-state index contributed by atoms with van der Waals surface area (Å²) in [6.45, 7) is 6.08. The summed E-state index contributed by atoms with van der Waals surface area (Å²) >= 11 is 0.964. The van der Waals surface area contributed by atoms with Gasteiger partial charge in [-0.05, 0) is 88.2 Å². The average molecular weight is 1310 g/mol. The number of amides is 2. The van der Waals surface area contributed by atoms with Crippen molar-refractivity contribution in [3.8, 4) is 0 Å². The largest absolute Gasteiger partial charge is 0.459 e. The molecule has 11 rings (SSSR count). The molecule has 22 heteroatoms. The molecule has 3 aliphatic heterocycles. The topological polar surface area (TPSA) is 249 Å². The average Bonchev–Trinajstić information content (AvgIpc) is 1.46. The van der Waals surface area contributed by atoms with Crippen molar-refractivity contribution in [2.45, 2.75) is 98.1 Å². The summed E-state index contributed by atoms with van der Waals surface area (Å²) in [6.07, 6.45) is -14.6. The predicted octanol–water partition coefficient (Wildman–Crippen LogP) is 10.2. The van der Waals surface area contributed by atoms with Crippen LogP contribution in [0.25, 0.3) is 0 Å². The van der Waals surface area contributed by atoms with E-state index in [-0.39, 0.29) is 39.1 Å². The van der Waals surface area contributed by atoms with Gasteiger partial charge in [0.1, 0.15) is 36.4 Å². The molecule has 0 aromatic heterocycles. The number of carbonyl (C=O) groups is 7. The third-order valence-electron chi connectivity index (χ3n) is 16.2. The fraction of sp³-hybridized carbons (Fsp3) is 0.236. The molecule has 3 aliphatic rings. The summed E-state index contributed by atoms with van der Waals surface area (Å²) in [7, 11) is -3.63. The number of imide groups is 1. The first-order valence-corrected chi connectivity index (χ1v) is 33.0. The van der Waals surface area contributed by atoms with E-state index in [1.54, 1.807) is 84.9 Å². The smallest absolute Gasteiger partial charge is 0.338 e. The number of hydrogen-bond donors (Lipinski definition) is 0. The molecule has 0 radical (unpaired) electrons. The number of ether oxygens (including phenoxy) is 8. The summed E-state index contributed by atoms with van der Waals surface area (Å²) in [5.41, 5.74) is -1.46. The molecule has 0 spiro atoms. The highest BCUT2D eigenvalue weighted by molar-refractivity contribution is 7.99. The molecular formula is C72H64N2O18SSi. The van der Waals surface area contributed by atoms with Crippen molar-refractivity contribution in [2.75, 3.05) is 13.2 Å². The van der Waals surface area contributed by atoms with Crippen LogP contribution in [0.5, 0.6) is 0 Å². The van der Waals surface area contributed by atoms with Gasteiger partial charge in [0.15, 0.2) is 30.7 Å². The van der Waals surface area contributed by atoms with E-state index >= 15 is 9.59 Å². The van der Waals surface area contributed by atoms with Crippen LogP contribution < -0.4 is 10.4 Å². The lowest BCUT2D eigenvalue weighted by molar-refractivity contribution is -0.384. The molecule has 2 saturated heterocycles. The second-order valence-corrected chi connectivity index (χ2v) is 28.8. The van der Waals surface area contributed by atoms with Crippen molar-refractivity contribution in [1.29, 1.82) is 0 Å². The van der Waals surface area contributed by atoms with Crippen LogP contribution in [0.1, 0.15) is 89.8 Å². The first-order valence-electron chi connectivity index (χ1n) is 30.2. The highest BCUT2D eigenvalue weighted by atomic mass is 32.2. The number of carbonyl (C=O) groups excluding carboxylic acids is 7. The lowest BCUT2D eigenvalue weighted by Gasteiger charge is -2.51. The van der Waals surface area contributed by atoms with Crippen molar-refractivity contribution in [1.82, 2.24) is 4.90 Å². The number of fused-ring (bicyclic) bond motifs is 1. The number of nitro groups is 1. The van der Waals surface area contributed by atoms with Crippen molar-refractivity contribution < 1.29 is 80.8 Å². The quantitative estimate of drug-likeness (QED) is 0.0162. The number of nitro benzene ring substituents is 1. The Bertz CT molecular complexity index is 3950. The number of hydrogen-bond acceptors (Lipinski definition) is 19. The molecule has 480 valence electrons. The van der Waals surface area contributed by atoms with Gasteiger partial charge in [0.05, 0.1) is 44.9 Å². The lowest BCUT2D eigenvalue weighted by atomic mass is 9.94. The number of benzene rings is 8. The minimum absolute atomic E-state index is 0.00158. The highest BCUT2D eigenvalue weighted by Crippen LogP contribution is 2.45. The van der Waals surface area contributed by atoms with Crippen LogP contribution >= 0.6 is 11.8 Å². The summed E-state index contributed by atoms with van der Waals surface area (Å²) in [4.78, 5) is 115. The molecule has 0 aliphatic carbocycles. The van der Waals surface area contributed by atoms with Crippen LogP contribution in [0.3, 0.4) is 0 Å². The molecule has 8 aromatic rings. The van der Waals surface area contributed by atoms with Crippen molar-refractivity contribution in [3.05, 3.63) is 274 Å². The predicted molar refractivity (Wildman–Crippen MR) is 345 cm³/mol. The van der Waals surface area contributed by atoms with Gasteiger partial charge in [0.2, 0.25) is 0 Å². The molecule has 0 bridgehead atoms. The zero-order valence-corrected chi connectivity index (χ0v) is 53.1. The maximum Gasteiger partial charge on any atom is 0.338 e. The minimum atomic E-state index is -3.63. The Kier molecular flexibility index (Phi) is 20.2. The highest BCUT2D eigenvalue weighted by Gasteiger charge is 2.61. The van der Waals surface area contributed by atoms with Crippen LogP contribution in [-0.2, 0) is 47.1 Å². The van der Waals surface area contributed by atoms with E-state index < -0.39 is 134 Å². The van der Waals surface area contributed by atoms with E-state index in [1.807, 2.05) is 81.4 Å². The second kappa shape index (κ2) is 28.9. The molecule has 3 heterocycles. The third kappa shape index (κ3) is 14.2. The van der Waals surface area contributed by atoms with Crippen LogP contribution in [0.15, 0.2) is 235 Å². The first-order chi connectivity index (χ1) is 45.4. The third-order valence-corrected chi connectivity index (χ3v) is 22.4. The van der Waals surface area contributed by atoms with E-state index in [0.717, 1.165) is 34.0 Å². The molecule has 0 saturated carbocycles. The van der Waals surface area contributed by atoms with Crippen molar-refractivity contribution >= 4 is 77.8 Å². The van der Waals surface area contributed by atoms with Crippen LogP contribution in [0, 0.1) is 10.1 Å². The first kappa shape index (κ1) is 65.5. The Labute approximate surface area is 546 Å². The molecule has 94 heavy (non-hydrogen) atoms. The standard InChI is InChI=1S/C72H64N2O18SSi/c1-45(75)86-61-58(73-64(76)54-37-23-24-38-55(54)65(73)77)71(93-51-41-39-50(40-42-51)74(82)83)88-57(44-85-94(72(2,3)4,52-33-19-9-20-34-52)53-35-21-10-22-36-53)59(61)92-70-63(91-69(81)49-31-17-8-18-32-49)62(90-68(80)48-29-15-7-16-30-48)60(89-67(79)47-27-13-6-14-28-47)56(87-70)43-84-66(78)46-25-11-5-12-26-46/h5-42,56-63,70-71H,43-44H2,1-4H3/t56-,57-,58-,59-,60+,61-,62+,63-,70+,71+/m1/s1. The molecule has 20 nitrogen and oxygen atoms in total. The normalized spacial score (nSPS) is 21.9. The van der Waals surface area contributed by atoms with Gasteiger partial charge >= 0.3 is 29.8 Å². The van der Waals surface area contributed by atoms with E-state index in [1.165, 1.54) is 84.9 Å². The molecule has 0 unspecified atom stereocenters. The van der Waals surface area contributed by atoms with Gasteiger partial charge in [0.25, 0.3) is 25.8 Å². The Morgan fingerprint density at radius 1 is 0.500 bits per heavy atom. The monoisotopic (exact) mass is 1300 g/mol. The van der Waals surface area contributed by atoms with Gasteiger partial charge in [-0.3, -0.25) is 29.4 Å². The number of non-ortho nitro benzene ring substituents is 1. The maximum atomic E-state index is 15.1. The van der Waals surface area contributed by atoms with E-state index in [9.17, 15) is 34.1 Å². The Balaban J connectivity index is 1.12. The van der Waals surface area contributed by atoms with Crippen LogP contribution in [0.4, 0.5) is 5.69 Å². The van der Waals surface area contributed by atoms with Gasteiger partial charge in [-0.2, -0.15) is 0 Å². The number of nitrogens with zero attached hydrogens (tertiary/aromatic N) is 2. The van der Waals surface area contributed by atoms with Gasteiger partial charge in [0, 0.05) is 24.0 Å². The minimum Gasteiger partial charge on any atom is -0.459 e. The summed E-state index contributed by atoms with van der Waals surface area (Å²) in [5.74, 6) is -6.36. The lowest BCUT2D eigenvalue weighted by Crippen LogP contribution is -2.70. The molecule has 8 aromatic carbocycles. The van der Waals surface area contributed by atoms with Gasteiger partial charge in [-0.1, -0.05) is 178 Å². The second-order valence-electron chi connectivity index (χ2n) is 23.3. The van der Waals surface area contributed by atoms with Crippen LogP contribution in [-0.4, -0.2) is 134 Å². The summed E-state index contributed by atoms with van der Waals surface area (Å²) in [5, 5.41) is 13.0. The zero-order valence-electron chi connectivity index (χ0n) is 51.3. The van der Waals surface area contributed by atoms with E-state index in [0.29, 0.717) is 4.90 Å². The van der Waals surface area contributed by atoms with Crippen molar-refractivity contribution in [2.24, 2.45) is 0 Å². The Morgan fingerprint density at radius 3 is 1.36 bits per heavy atom. The van der Waals surface area contributed by atoms with E-state index in [4.69, 9.17) is 42.3 Å². The van der Waals surface area contributed by atoms with E-state index in [2.05, 4.69) is 0 Å². The molecular weight excluding hydrogens is 1240 g/mol.